The van der Waals surface area contributed by atoms with Gasteiger partial charge in [-0.3, -0.25) is 19.2 Å². The number of rotatable bonds is 11. The van der Waals surface area contributed by atoms with Gasteiger partial charge < -0.3 is 34.6 Å². The highest BCUT2D eigenvalue weighted by atomic mass is 16.8. The molecule has 51 heavy (non-hydrogen) atoms. The Morgan fingerprint density at radius 3 is 2.55 bits per heavy atom. The van der Waals surface area contributed by atoms with Gasteiger partial charge in [0.25, 0.3) is 0 Å². The van der Waals surface area contributed by atoms with Gasteiger partial charge in [0.15, 0.2) is 11.8 Å². The SMILES string of the molecule is O=C(NCCO)[C@H]1CCCN1C(=O)[C@@]12C[C@H]3OC(=O)[C@@H]1N(Cc1cccc(C=CCc4ccccc4O)c1)O[C@@H]2[C@H]1OC(C2CC2)(C2CC2)O[C@H]13. The second kappa shape index (κ2) is 12.7. The Balaban J connectivity index is 1.04. The number of hydrogen-bond acceptors (Lipinski definition) is 10. The van der Waals surface area contributed by atoms with Gasteiger partial charge in [0.05, 0.1) is 13.2 Å². The number of nitrogens with one attached hydrogen (secondary N) is 1. The van der Waals surface area contributed by atoms with Gasteiger partial charge in [-0.25, -0.2) is 0 Å². The van der Waals surface area contributed by atoms with Gasteiger partial charge in [-0.15, -0.1) is 0 Å². The van der Waals surface area contributed by atoms with Crippen LogP contribution in [0.25, 0.3) is 6.08 Å². The third-order valence-electron chi connectivity index (χ3n) is 12.0. The molecule has 0 aromatic heterocycles. The maximum absolute atomic E-state index is 15.1. The number of amides is 2. The van der Waals surface area contributed by atoms with E-state index in [1.165, 1.54) is 0 Å². The lowest BCUT2D eigenvalue weighted by Gasteiger charge is -2.50. The van der Waals surface area contributed by atoms with Crippen molar-refractivity contribution < 1.29 is 43.6 Å². The van der Waals surface area contributed by atoms with E-state index in [0.29, 0.717) is 25.8 Å². The lowest BCUT2D eigenvalue weighted by molar-refractivity contribution is -0.235. The van der Waals surface area contributed by atoms with Crippen LogP contribution in [0.15, 0.2) is 54.6 Å². The number of allylic oxidation sites excluding steroid dienone is 1. The van der Waals surface area contributed by atoms with Crippen molar-refractivity contribution in [1.82, 2.24) is 15.3 Å². The van der Waals surface area contributed by atoms with E-state index < -0.39 is 53.7 Å². The summed E-state index contributed by atoms with van der Waals surface area (Å²) in [5.41, 5.74) is 1.31. The number of aromatic hydroxyl groups is 1. The predicted octanol–water partition coefficient (Wildman–Crippen LogP) is 2.85. The van der Waals surface area contributed by atoms with Crippen molar-refractivity contribution in [3.63, 3.8) is 0 Å². The van der Waals surface area contributed by atoms with Gasteiger partial charge in [-0.05, 0) is 67.7 Å². The number of esters is 1. The van der Waals surface area contributed by atoms with E-state index in [0.717, 1.165) is 42.4 Å². The summed E-state index contributed by atoms with van der Waals surface area (Å²) in [6.45, 7) is 0.494. The van der Waals surface area contributed by atoms with Crippen molar-refractivity contribution in [2.24, 2.45) is 17.3 Å². The number of aliphatic hydroxyl groups excluding tert-OH is 1. The number of nitrogens with zero attached hydrogens (tertiary/aromatic N) is 2. The Morgan fingerprint density at radius 1 is 1.00 bits per heavy atom. The first-order valence-electron chi connectivity index (χ1n) is 18.5. The van der Waals surface area contributed by atoms with Crippen LogP contribution in [-0.4, -0.2) is 99.9 Å². The van der Waals surface area contributed by atoms with Crippen molar-refractivity contribution in [3.8, 4) is 5.75 Å². The number of para-hydroxylation sites is 1. The van der Waals surface area contributed by atoms with Crippen molar-refractivity contribution in [2.75, 3.05) is 19.7 Å². The Hall–Kier alpha value is -3.81. The number of ether oxygens (including phenoxy) is 3. The minimum atomic E-state index is -1.34. The molecule has 7 aliphatic rings. The summed E-state index contributed by atoms with van der Waals surface area (Å²) in [7, 11) is 0. The molecular weight excluding hydrogens is 654 g/mol. The molecule has 4 saturated heterocycles. The Kier molecular flexibility index (Phi) is 8.23. The standard InChI is InChI=1S/C39H45N3O9/c43-19-17-40-35(45)28-11-5-18-41(28)37(47)38-21-30-31-32(50-39(49-31,26-13-14-26)27-15-16-27)34(38)51-42(33(38)36(46)48-30)22-24-8-3-6-23(20-24)7-4-10-25-9-1-2-12-29(25)44/h1-4,6-9,12,20,26-28,30-34,43-44H,5,10-11,13-19,21-22H2,(H,40,45)/t28-,30-,31+,32+,33+,34-,38+/m1/s1. The van der Waals surface area contributed by atoms with E-state index in [1.54, 1.807) is 22.1 Å². The van der Waals surface area contributed by atoms with Gasteiger partial charge in [-0.2, -0.15) is 5.06 Å². The number of phenolic OH excluding ortho intramolecular Hbond substituents is 1. The molecule has 2 amide bonds. The van der Waals surface area contributed by atoms with E-state index in [1.807, 2.05) is 48.6 Å². The van der Waals surface area contributed by atoms with E-state index in [2.05, 4.69) is 5.32 Å². The fourth-order valence-electron chi connectivity index (χ4n) is 9.47. The summed E-state index contributed by atoms with van der Waals surface area (Å²) in [5, 5.41) is 23.9. The number of phenols is 1. The van der Waals surface area contributed by atoms with E-state index in [-0.39, 0.29) is 55.5 Å². The maximum Gasteiger partial charge on any atom is 0.327 e. The van der Waals surface area contributed by atoms with Crippen LogP contribution in [0.5, 0.6) is 5.75 Å². The number of carbonyl (C=O) groups excluding carboxylic acids is 3. The molecule has 3 saturated carbocycles. The van der Waals surface area contributed by atoms with Crippen LogP contribution < -0.4 is 5.32 Å². The quantitative estimate of drug-likeness (QED) is 0.300. The number of fused-ring (bicyclic) bond motifs is 4. The molecule has 2 aromatic carbocycles. The molecule has 2 bridgehead atoms. The normalized spacial score (nSPS) is 33.7. The van der Waals surface area contributed by atoms with Crippen LogP contribution >= 0.6 is 0 Å². The van der Waals surface area contributed by atoms with E-state index in [4.69, 9.17) is 19.0 Å². The number of hydroxylamine groups is 2. The van der Waals surface area contributed by atoms with Gasteiger partial charge >= 0.3 is 5.97 Å². The molecule has 4 aliphatic heterocycles. The highest BCUT2D eigenvalue weighted by Crippen LogP contribution is 2.64. The Bertz CT molecular complexity index is 1730. The van der Waals surface area contributed by atoms with E-state index in [9.17, 15) is 19.8 Å². The Labute approximate surface area is 296 Å². The first-order valence-corrected chi connectivity index (χ1v) is 18.5. The van der Waals surface area contributed by atoms with Gasteiger partial charge in [0.1, 0.15) is 41.6 Å². The molecule has 3 aliphatic carbocycles. The summed E-state index contributed by atoms with van der Waals surface area (Å²) in [5.74, 6) is -1.09. The smallest absolute Gasteiger partial charge is 0.327 e. The molecule has 12 heteroatoms. The van der Waals surface area contributed by atoms with Gasteiger partial charge in [0.2, 0.25) is 11.8 Å². The highest BCUT2D eigenvalue weighted by Gasteiger charge is 2.78. The molecule has 12 nitrogen and oxygen atoms in total. The molecule has 270 valence electrons. The van der Waals surface area contributed by atoms with Crippen molar-refractivity contribution in [1.29, 1.82) is 0 Å². The van der Waals surface area contributed by atoms with Crippen LogP contribution in [0, 0.1) is 17.3 Å². The summed E-state index contributed by atoms with van der Waals surface area (Å²) in [4.78, 5) is 51.0. The summed E-state index contributed by atoms with van der Waals surface area (Å²) in [6.07, 6.45) is 7.30. The van der Waals surface area contributed by atoms with Crippen LogP contribution in [0.2, 0.25) is 0 Å². The average Bonchev–Trinajstić information content (AvgIpc) is 4.05. The lowest BCUT2D eigenvalue weighted by Crippen LogP contribution is -2.70. The molecule has 7 fully saturated rings. The maximum atomic E-state index is 15.1. The van der Waals surface area contributed by atoms with Crippen LogP contribution in [0.1, 0.15) is 61.6 Å². The third kappa shape index (κ3) is 5.49. The minimum Gasteiger partial charge on any atom is -0.508 e. The first-order chi connectivity index (χ1) is 24.8. The monoisotopic (exact) mass is 699 g/mol. The summed E-state index contributed by atoms with van der Waals surface area (Å²) < 4.78 is 20.0. The largest absolute Gasteiger partial charge is 0.508 e. The fraction of sp³-hybridized carbons (Fsp3) is 0.564. The number of likely N-dealkylation sites (tertiary alicyclic amines) is 1. The highest BCUT2D eigenvalue weighted by molar-refractivity contribution is 5.96. The zero-order valence-electron chi connectivity index (χ0n) is 28.5. The van der Waals surface area contributed by atoms with E-state index >= 15 is 4.79 Å². The molecule has 2 aromatic rings. The number of benzene rings is 2. The number of carbonyl (C=O) groups is 3. The molecule has 0 unspecified atom stereocenters. The van der Waals surface area contributed by atoms with Crippen LogP contribution in [-0.2, 0) is 46.4 Å². The van der Waals surface area contributed by atoms with Gasteiger partial charge in [0, 0.05) is 31.3 Å². The van der Waals surface area contributed by atoms with Gasteiger partial charge in [-0.1, -0.05) is 54.6 Å². The lowest BCUT2D eigenvalue weighted by atomic mass is 9.62. The number of hydrogen-bond donors (Lipinski definition) is 3. The minimum absolute atomic E-state index is 0.0986. The molecule has 3 N–H and O–H groups in total. The third-order valence-corrected chi connectivity index (χ3v) is 12.0. The Morgan fingerprint density at radius 2 is 1.78 bits per heavy atom. The van der Waals surface area contributed by atoms with Crippen LogP contribution in [0.4, 0.5) is 0 Å². The van der Waals surface area contributed by atoms with Crippen LogP contribution in [0.3, 0.4) is 0 Å². The molecule has 0 spiro atoms. The molecule has 0 radical (unpaired) electrons. The molecule has 9 rings (SSSR count). The van der Waals surface area contributed by atoms with Crippen molar-refractivity contribution in [3.05, 3.63) is 71.3 Å². The zero-order chi connectivity index (χ0) is 34.9. The summed E-state index contributed by atoms with van der Waals surface area (Å²) >= 11 is 0. The molecule has 4 heterocycles. The average molecular weight is 700 g/mol. The number of aliphatic hydroxyl groups is 1. The predicted molar refractivity (Wildman–Crippen MR) is 181 cm³/mol. The molecular formula is C39H45N3O9. The van der Waals surface area contributed by atoms with Crippen molar-refractivity contribution >= 4 is 23.9 Å². The second-order valence-corrected chi connectivity index (χ2v) is 15.3. The summed E-state index contributed by atoms with van der Waals surface area (Å²) in [6, 6.07) is 13.4. The second-order valence-electron chi connectivity index (χ2n) is 15.3. The van der Waals surface area contributed by atoms with Crippen molar-refractivity contribution in [2.45, 2.75) is 100 Å². The zero-order valence-corrected chi connectivity index (χ0v) is 28.5. The first kappa shape index (κ1) is 33.1. The molecule has 7 atom stereocenters. The topological polar surface area (TPSA) is 147 Å². The fourth-order valence-corrected chi connectivity index (χ4v) is 9.47.